The van der Waals surface area contributed by atoms with E-state index in [4.69, 9.17) is 14.2 Å². The molecule has 0 radical (unpaired) electrons. The zero-order chi connectivity index (χ0) is 27.8. The van der Waals surface area contributed by atoms with Gasteiger partial charge in [-0.1, -0.05) is 19.1 Å². The van der Waals surface area contributed by atoms with Crippen LogP contribution in [-0.4, -0.2) is 94.8 Å². The summed E-state index contributed by atoms with van der Waals surface area (Å²) in [7, 11) is 0.798. The average Bonchev–Trinajstić information content (AvgIpc) is 3.36. The number of likely N-dealkylation sites (N-methyl/N-ethyl adjacent to an activating group) is 1. The number of ether oxygens (including phenoxy) is 3. The van der Waals surface area contributed by atoms with Crippen molar-refractivity contribution in [3.63, 3.8) is 0 Å². The van der Waals surface area contributed by atoms with E-state index < -0.39 is 50.5 Å². The molecule has 1 aromatic carbocycles. The predicted molar refractivity (Wildman–Crippen MR) is 140 cm³/mol. The lowest BCUT2D eigenvalue weighted by atomic mass is 9.47. The Labute approximate surface area is 222 Å². The number of anilines is 2. The summed E-state index contributed by atoms with van der Waals surface area (Å²) in [6.07, 6.45) is 4.88. The van der Waals surface area contributed by atoms with Gasteiger partial charge in [-0.25, -0.2) is 13.2 Å². The second kappa shape index (κ2) is 8.59. The van der Waals surface area contributed by atoms with E-state index in [9.17, 15) is 23.1 Å². The molecule has 1 saturated carbocycles. The number of sulfonamides is 1. The lowest BCUT2D eigenvalue weighted by Crippen LogP contribution is -2.81. The maximum Gasteiger partial charge on any atom is 0.344 e. The lowest BCUT2D eigenvalue weighted by Gasteiger charge is -2.63. The van der Waals surface area contributed by atoms with Crippen molar-refractivity contribution in [1.82, 2.24) is 4.90 Å². The van der Waals surface area contributed by atoms with Gasteiger partial charge in [-0.2, -0.15) is 0 Å². The van der Waals surface area contributed by atoms with E-state index in [1.807, 2.05) is 24.0 Å². The maximum absolute atomic E-state index is 13.7. The normalized spacial score (nSPS) is 35.2. The number of hydrogen-bond donors (Lipinski definition) is 2. The summed E-state index contributed by atoms with van der Waals surface area (Å²) in [5.74, 6) is -1.20. The number of fused-ring (bicyclic) bond motifs is 1. The molecular formula is C26H35N3O8S. The van der Waals surface area contributed by atoms with Crippen molar-refractivity contribution in [3.8, 4) is 5.75 Å². The van der Waals surface area contributed by atoms with Gasteiger partial charge in [0.05, 0.1) is 32.2 Å². The van der Waals surface area contributed by atoms with E-state index in [0.29, 0.717) is 37.4 Å². The number of aliphatic hydroxyl groups is 1. The molecule has 38 heavy (non-hydrogen) atoms. The maximum atomic E-state index is 13.7. The number of hydrogen-bond acceptors (Lipinski definition) is 10. The first-order valence-corrected chi connectivity index (χ1v) is 14.5. The first-order chi connectivity index (χ1) is 17.8. The highest BCUT2D eigenvalue weighted by molar-refractivity contribution is 7.92. The average molecular weight is 550 g/mol. The number of rotatable bonds is 6. The molecule has 2 N–H and O–H groups in total. The molecule has 2 fully saturated rings. The number of nitrogens with one attached hydrogen (secondary N) is 1. The Morgan fingerprint density at radius 3 is 2.53 bits per heavy atom. The molecule has 1 aromatic rings. The van der Waals surface area contributed by atoms with Crippen molar-refractivity contribution < 1.29 is 37.3 Å². The Hall–Kier alpha value is -2.83. The number of methoxy groups -OCH3 is 2. The molecule has 0 aromatic heterocycles. The molecule has 1 spiro atoms. The van der Waals surface area contributed by atoms with Crippen molar-refractivity contribution >= 4 is 33.3 Å². The molecule has 208 valence electrons. The van der Waals surface area contributed by atoms with Crippen LogP contribution in [0.3, 0.4) is 0 Å². The Bertz CT molecular complexity index is 1330. The molecule has 0 bridgehead atoms. The van der Waals surface area contributed by atoms with Crippen molar-refractivity contribution in [1.29, 1.82) is 0 Å². The molecule has 3 heterocycles. The zero-order valence-corrected chi connectivity index (χ0v) is 23.3. The number of carbonyl (C=O) groups is 2. The summed E-state index contributed by atoms with van der Waals surface area (Å²) in [6.45, 7) is 4.56. The predicted octanol–water partition coefficient (Wildman–Crippen LogP) is 1.01. The molecule has 0 amide bonds. The molecule has 5 rings (SSSR count). The third-order valence-corrected chi connectivity index (χ3v) is 9.62. The number of nitrogens with zero attached hydrogens (tertiary/aromatic N) is 2. The van der Waals surface area contributed by atoms with Crippen LogP contribution in [0.15, 0.2) is 24.3 Å². The summed E-state index contributed by atoms with van der Waals surface area (Å²) < 4.78 is 43.7. The molecule has 4 aliphatic rings. The molecule has 1 saturated heterocycles. The smallest absolute Gasteiger partial charge is 0.344 e. The monoisotopic (exact) mass is 549 g/mol. The van der Waals surface area contributed by atoms with Crippen LogP contribution in [0.25, 0.3) is 0 Å². The van der Waals surface area contributed by atoms with Crippen LogP contribution < -0.4 is 14.4 Å². The highest BCUT2D eigenvalue weighted by atomic mass is 32.2. The molecule has 3 aliphatic heterocycles. The van der Waals surface area contributed by atoms with E-state index in [1.165, 1.54) is 21.1 Å². The fraction of sp³-hybridized carbons (Fsp3) is 0.615. The third kappa shape index (κ3) is 3.29. The van der Waals surface area contributed by atoms with Gasteiger partial charge in [0.25, 0.3) is 0 Å². The minimum Gasteiger partial charge on any atom is -0.494 e. The first-order valence-electron chi connectivity index (χ1n) is 12.6. The van der Waals surface area contributed by atoms with Crippen LogP contribution in [0, 0.1) is 5.41 Å². The standard InChI is InChI=1S/C26H35N3O8S/c1-7-24-9-8-11-29-12-10-25(20(24)29)16-13-17(27-38(6,33)34)19(35-4)14-18(16)28(3)21(25)26(32,23(31)36-5)22(24)37-15(2)30/h8-9,13-14,20-22,27,32H,7,10-12H2,1-6H3/t20-,21+,22+,24+,25+,26-/m0/s1. The minimum absolute atomic E-state index is 0.257. The van der Waals surface area contributed by atoms with Gasteiger partial charge >= 0.3 is 11.9 Å². The lowest BCUT2D eigenvalue weighted by molar-refractivity contribution is -0.228. The second-order valence-electron chi connectivity index (χ2n) is 10.8. The molecule has 6 atom stereocenters. The Kier molecular flexibility index (Phi) is 6.05. The van der Waals surface area contributed by atoms with Gasteiger partial charge in [-0.15, -0.1) is 0 Å². The van der Waals surface area contributed by atoms with E-state index in [1.54, 1.807) is 19.2 Å². The van der Waals surface area contributed by atoms with E-state index in [0.717, 1.165) is 11.8 Å². The van der Waals surface area contributed by atoms with Crippen molar-refractivity contribution in [2.24, 2.45) is 5.41 Å². The number of benzene rings is 1. The van der Waals surface area contributed by atoms with Gasteiger partial charge in [0.2, 0.25) is 15.6 Å². The van der Waals surface area contributed by atoms with Gasteiger partial charge in [0.15, 0.2) is 6.10 Å². The van der Waals surface area contributed by atoms with Crippen LogP contribution in [0.2, 0.25) is 0 Å². The minimum atomic E-state index is -3.63. The number of esters is 2. The Morgan fingerprint density at radius 2 is 1.95 bits per heavy atom. The molecule has 1 aliphatic carbocycles. The summed E-state index contributed by atoms with van der Waals surface area (Å²) >= 11 is 0. The number of carbonyl (C=O) groups excluding carboxylic acids is 2. The van der Waals surface area contributed by atoms with Crippen LogP contribution in [0.1, 0.15) is 32.3 Å². The van der Waals surface area contributed by atoms with Crippen LogP contribution in [0.5, 0.6) is 5.75 Å². The summed E-state index contributed by atoms with van der Waals surface area (Å²) in [6, 6.07) is 2.36. The van der Waals surface area contributed by atoms with Crippen molar-refractivity contribution in [2.45, 2.75) is 55.9 Å². The highest BCUT2D eigenvalue weighted by Crippen LogP contribution is 2.67. The summed E-state index contributed by atoms with van der Waals surface area (Å²) in [4.78, 5) is 30.2. The van der Waals surface area contributed by atoms with Crippen molar-refractivity contribution in [2.75, 3.05) is 50.2 Å². The van der Waals surface area contributed by atoms with Gasteiger partial charge in [-0.05, 0) is 31.0 Å². The van der Waals surface area contributed by atoms with Crippen LogP contribution >= 0.6 is 0 Å². The topological polar surface area (TPSA) is 135 Å². The van der Waals surface area contributed by atoms with Gasteiger partial charge in [0, 0.05) is 49.1 Å². The van der Waals surface area contributed by atoms with E-state index in [2.05, 4.69) is 9.62 Å². The SMILES string of the molecule is CC[C@]12C=CCN3CC[C@@]4(c5cc(NS(C)(=O)=O)c(OC)cc5N(C)[C@H]4[C@@](O)(C(=O)OC)[C@@H]1OC(C)=O)[C@@H]32. The van der Waals surface area contributed by atoms with Gasteiger partial charge in [-0.3, -0.25) is 14.4 Å². The Balaban J connectivity index is 1.87. The second-order valence-corrected chi connectivity index (χ2v) is 12.6. The van der Waals surface area contributed by atoms with Crippen LogP contribution in [0.4, 0.5) is 11.4 Å². The van der Waals surface area contributed by atoms with E-state index >= 15 is 0 Å². The molecule has 0 unspecified atom stereocenters. The molecule has 11 nitrogen and oxygen atoms in total. The van der Waals surface area contributed by atoms with Crippen molar-refractivity contribution in [3.05, 3.63) is 29.8 Å². The van der Waals surface area contributed by atoms with Crippen LogP contribution in [-0.2, 0) is 34.5 Å². The molecule has 12 heteroatoms. The Morgan fingerprint density at radius 1 is 1.24 bits per heavy atom. The highest BCUT2D eigenvalue weighted by Gasteiger charge is 2.80. The molecular weight excluding hydrogens is 514 g/mol. The summed E-state index contributed by atoms with van der Waals surface area (Å²) in [5, 5.41) is 12.6. The zero-order valence-electron chi connectivity index (χ0n) is 22.5. The van der Waals surface area contributed by atoms with Gasteiger partial charge < -0.3 is 24.2 Å². The third-order valence-electron chi connectivity index (χ3n) is 9.03. The summed E-state index contributed by atoms with van der Waals surface area (Å²) in [5.41, 5.74) is -2.24. The van der Waals surface area contributed by atoms with E-state index in [-0.39, 0.29) is 11.7 Å². The fourth-order valence-electron chi connectivity index (χ4n) is 8.03. The first kappa shape index (κ1) is 26.8. The largest absolute Gasteiger partial charge is 0.494 e. The quantitative estimate of drug-likeness (QED) is 0.391. The fourth-order valence-corrected chi connectivity index (χ4v) is 8.59. The van der Waals surface area contributed by atoms with Gasteiger partial charge in [0.1, 0.15) is 5.75 Å².